The van der Waals surface area contributed by atoms with Crippen molar-refractivity contribution in [2.75, 3.05) is 24.6 Å². The summed E-state index contributed by atoms with van der Waals surface area (Å²) in [5, 5.41) is 17.9. The molecular weight excluding hydrogens is 370 g/mol. The fourth-order valence-corrected chi connectivity index (χ4v) is 3.34. The summed E-state index contributed by atoms with van der Waals surface area (Å²) in [6, 6.07) is 3.76. The number of rotatable bonds is 7. The maximum atomic E-state index is 9.49. The number of hydrogen-bond donors (Lipinski definition) is 1. The molecule has 1 aliphatic rings. The molecule has 0 saturated carbocycles. The van der Waals surface area contributed by atoms with Gasteiger partial charge in [0.05, 0.1) is 30.8 Å². The molecule has 3 aromatic heterocycles. The van der Waals surface area contributed by atoms with Crippen LogP contribution in [0, 0.1) is 5.41 Å². The first-order chi connectivity index (χ1) is 14.0. The summed E-state index contributed by atoms with van der Waals surface area (Å²) in [7, 11) is 0. The van der Waals surface area contributed by atoms with Crippen LogP contribution in [0.3, 0.4) is 0 Å². The van der Waals surface area contributed by atoms with Crippen molar-refractivity contribution in [2.45, 2.75) is 33.4 Å². The van der Waals surface area contributed by atoms with Crippen LogP contribution in [0.5, 0.6) is 5.75 Å². The standard InChI is InChI=1S/C20H25N7O2/c1-14(2)29-17-7-15(26-11-20(3,12-26)13-28)8-23-19(17)16-9-27(25-24-16)10-18-21-5-4-6-22-18/h4-9,14,28H,10-13H2,1-3H3. The monoisotopic (exact) mass is 395 g/mol. The third kappa shape index (κ3) is 4.19. The van der Waals surface area contributed by atoms with Gasteiger partial charge < -0.3 is 14.7 Å². The molecule has 0 aliphatic carbocycles. The molecule has 29 heavy (non-hydrogen) atoms. The van der Waals surface area contributed by atoms with Crippen LogP contribution in [0.25, 0.3) is 11.4 Å². The van der Waals surface area contributed by atoms with E-state index in [0.717, 1.165) is 18.8 Å². The van der Waals surface area contributed by atoms with Crippen molar-refractivity contribution in [3.05, 3.63) is 42.7 Å². The zero-order valence-corrected chi connectivity index (χ0v) is 16.9. The molecule has 9 nitrogen and oxygen atoms in total. The minimum atomic E-state index is -0.0556. The van der Waals surface area contributed by atoms with Gasteiger partial charge in [-0.25, -0.2) is 19.6 Å². The van der Waals surface area contributed by atoms with Crippen molar-refractivity contribution >= 4 is 5.69 Å². The van der Waals surface area contributed by atoms with Crippen molar-refractivity contribution in [3.63, 3.8) is 0 Å². The highest BCUT2D eigenvalue weighted by atomic mass is 16.5. The number of hydrogen-bond acceptors (Lipinski definition) is 8. The first kappa shape index (κ1) is 19.3. The van der Waals surface area contributed by atoms with Crippen LogP contribution in [-0.4, -0.2) is 60.9 Å². The lowest BCUT2D eigenvalue weighted by Crippen LogP contribution is -2.56. The fourth-order valence-electron chi connectivity index (χ4n) is 3.34. The van der Waals surface area contributed by atoms with Gasteiger partial charge in [-0.15, -0.1) is 5.10 Å². The summed E-state index contributed by atoms with van der Waals surface area (Å²) in [4.78, 5) is 15.2. The molecule has 0 atom stereocenters. The summed E-state index contributed by atoms with van der Waals surface area (Å²) < 4.78 is 7.71. The van der Waals surface area contributed by atoms with Gasteiger partial charge in [-0.2, -0.15) is 0 Å². The van der Waals surface area contributed by atoms with Crippen LogP contribution >= 0.6 is 0 Å². The van der Waals surface area contributed by atoms with Gasteiger partial charge >= 0.3 is 0 Å². The SMILES string of the molecule is CC(C)Oc1cc(N2CC(C)(CO)C2)cnc1-c1cn(Cc2ncccn2)nn1. The van der Waals surface area contributed by atoms with Crippen molar-refractivity contribution in [1.29, 1.82) is 0 Å². The fraction of sp³-hybridized carbons (Fsp3) is 0.450. The molecule has 4 heterocycles. The smallest absolute Gasteiger partial charge is 0.149 e. The van der Waals surface area contributed by atoms with E-state index in [0.29, 0.717) is 29.5 Å². The molecule has 0 bridgehead atoms. The van der Waals surface area contributed by atoms with Crippen molar-refractivity contribution in [2.24, 2.45) is 5.41 Å². The largest absolute Gasteiger partial charge is 0.489 e. The molecule has 1 fully saturated rings. The number of aliphatic hydroxyl groups excluding tert-OH is 1. The maximum Gasteiger partial charge on any atom is 0.149 e. The number of aliphatic hydroxyl groups is 1. The number of nitrogens with zero attached hydrogens (tertiary/aromatic N) is 7. The van der Waals surface area contributed by atoms with Gasteiger partial charge in [0.25, 0.3) is 0 Å². The summed E-state index contributed by atoms with van der Waals surface area (Å²) in [6.45, 7) is 8.22. The van der Waals surface area contributed by atoms with Gasteiger partial charge in [-0.05, 0) is 19.9 Å². The van der Waals surface area contributed by atoms with Crippen molar-refractivity contribution in [3.8, 4) is 17.1 Å². The molecule has 0 unspecified atom stereocenters. The first-order valence-corrected chi connectivity index (χ1v) is 9.65. The van der Waals surface area contributed by atoms with Crippen LogP contribution in [0.4, 0.5) is 5.69 Å². The van der Waals surface area contributed by atoms with Gasteiger partial charge in [0.15, 0.2) is 0 Å². The van der Waals surface area contributed by atoms with Crippen LogP contribution in [0.2, 0.25) is 0 Å². The average molecular weight is 395 g/mol. The van der Waals surface area contributed by atoms with Gasteiger partial charge in [-0.3, -0.25) is 0 Å². The Bertz CT molecular complexity index is 968. The summed E-state index contributed by atoms with van der Waals surface area (Å²) in [5.74, 6) is 1.33. The molecule has 152 valence electrons. The van der Waals surface area contributed by atoms with E-state index < -0.39 is 0 Å². The highest BCUT2D eigenvalue weighted by Crippen LogP contribution is 2.37. The second-order valence-corrected chi connectivity index (χ2v) is 8.00. The number of pyridine rings is 1. The molecule has 4 rings (SSSR count). The van der Waals surface area contributed by atoms with Crippen molar-refractivity contribution < 1.29 is 9.84 Å². The van der Waals surface area contributed by atoms with Gasteiger partial charge in [0.1, 0.15) is 29.5 Å². The Morgan fingerprint density at radius 2 is 1.97 bits per heavy atom. The van der Waals surface area contributed by atoms with Crippen LogP contribution < -0.4 is 9.64 Å². The Labute approximate surface area is 169 Å². The normalized spacial score (nSPS) is 15.4. The lowest BCUT2D eigenvalue weighted by molar-refractivity contribution is 0.111. The second kappa shape index (κ2) is 7.75. The van der Waals surface area contributed by atoms with E-state index in [1.807, 2.05) is 32.3 Å². The molecule has 1 N–H and O–H groups in total. The molecule has 0 radical (unpaired) electrons. The predicted molar refractivity (Wildman–Crippen MR) is 108 cm³/mol. The summed E-state index contributed by atoms with van der Waals surface area (Å²) in [5.41, 5.74) is 2.19. The zero-order valence-electron chi connectivity index (χ0n) is 16.9. The van der Waals surface area contributed by atoms with Crippen molar-refractivity contribution in [1.82, 2.24) is 29.9 Å². The predicted octanol–water partition coefficient (Wildman–Crippen LogP) is 1.78. The Hall–Kier alpha value is -3.07. The Morgan fingerprint density at radius 3 is 2.66 bits per heavy atom. The van der Waals surface area contributed by atoms with E-state index in [9.17, 15) is 5.11 Å². The van der Waals surface area contributed by atoms with E-state index in [4.69, 9.17) is 4.74 Å². The average Bonchev–Trinajstić information content (AvgIpc) is 3.14. The minimum Gasteiger partial charge on any atom is -0.489 e. The topological polar surface area (TPSA) is 102 Å². The lowest BCUT2D eigenvalue weighted by Gasteiger charge is -2.48. The number of anilines is 1. The van der Waals surface area contributed by atoms with E-state index in [1.165, 1.54) is 0 Å². The van der Waals surface area contributed by atoms with E-state index >= 15 is 0 Å². The molecule has 1 saturated heterocycles. The minimum absolute atomic E-state index is 0.00216. The van der Waals surface area contributed by atoms with E-state index in [1.54, 1.807) is 23.1 Å². The van der Waals surface area contributed by atoms with Crippen LogP contribution in [0.1, 0.15) is 26.6 Å². The summed E-state index contributed by atoms with van der Waals surface area (Å²) in [6.07, 6.45) is 7.04. The van der Waals surface area contributed by atoms with Crippen LogP contribution in [-0.2, 0) is 6.54 Å². The van der Waals surface area contributed by atoms with E-state index in [-0.39, 0.29) is 18.1 Å². The Kier molecular flexibility index (Phi) is 5.14. The zero-order chi connectivity index (χ0) is 20.4. The highest BCUT2D eigenvalue weighted by molar-refractivity contribution is 5.66. The van der Waals surface area contributed by atoms with Gasteiger partial charge in [0, 0.05) is 37.0 Å². The molecule has 0 amide bonds. The highest BCUT2D eigenvalue weighted by Gasteiger charge is 2.38. The van der Waals surface area contributed by atoms with E-state index in [2.05, 4.69) is 37.1 Å². The number of aromatic nitrogens is 6. The lowest BCUT2D eigenvalue weighted by atomic mass is 9.82. The van der Waals surface area contributed by atoms with Crippen LogP contribution in [0.15, 0.2) is 36.9 Å². The van der Waals surface area contributed by atoms with Gasteiger partial charge in [0.2, 0.25) is 0 Å². The molecular formula is C20H25N7O2. The molecule has 3 aromatic rings. The summed E-state index contributed by atoms with van der Waals surface area (Å²) >= 11 is 0. The third-order valence-electron chi connectivity index (χ3n) is 4.80. The maximum absolute atomic E-state index is 9.49. The molecule has 9 heteroatoms. The molecule has 0 aromatic carbocycles. The first-order valence-electron chi connectivity index (χ1n) is 9.65. The number of ether oxygens (including phenoxy) is 1. The quantitative estimate of drug-likeness (QED) is 0.646. The Balaban J connectivity index is 1.58. The third-order valence-corrected chi connectivity index (χ3v) is 4.80. The Morgan fingerprint density at radius 1 is 1.21 bits per heavy atom. The second-order valence-electron chi connectivity index (χ2n) is 8.00. The van der Waals surface area contributed by atoms with Gasteiger partial charge in [-0.1, -0.05) is 12.1 Å². The molecule has 1 aliphatic heterocycles. The molecule has 0 spiro atoms.